The zero-order valence-electron chi connectivity index (χ0n) is 12.1. The standard InChI is InChI=1S/C15H12INO2.C2H6/c16-13-3-1-2-4-15(13)19-10-14(18)12-7-5-11(9-17)6-8-12;1-2/h1-8,14,18H,10H2;1-2H3. The number of hydrogen-bond donors (Lipinski definition) is 1. The first-order valence-corrected chi connectivity index (χ1v) is 7.84. The number of aliphatic hydroxyl groups excluding tert-OH is 1. The first kappa shape index (κ1) is 17.5. The average Bonchev–Trinajstić information content (AvgIpc) is 2.56. The van der Waals surface area contributed by atoms with Crippen molar-refractivity contribution in [2.45, 2.75) is 20.0 Å². The van der Waals surface area contributed by atoms with Crippen molar-refractivity contribution >= 4 is 22.6 Å². The Kier molecular flexibility index (Phi) is 7.80. The summed E-state index contributed by atoms with van der Waals surface area (Å²) in [6.45, 7) is 4.19. The fourth-order valence-electron chi connectivity index (χ4n) is 1.61. The largest absolute Gasteiger partial charge is 0.489 e. The number of hydrogen-bond acceptors (Lipinski definition) is 3. The molecule has 0 fully saturated rings. The van der Waals surface area contributed by atoms with Gasteiger partial charge in [0, 0.05) is 0 Å². The van der Waals surface area contributed by atoms with Crippen LogP contribution in [0.2, 0.25) is 0 Å². The van der Waals surface area contributed by atoms with Gasteiger partial charge in [0.15, 0.2) is 0 Å². The van der Waals surface area contributed by atoms with Crippen LogP contribution in [0.1, 0.15) is 31.1 Å². The molecule has 0 aliphatic carbocycles. The molecule has 0 spiro atoms. The van der Waals surface area contributed by atoms with Crippen LogP contribution < -0.4 is 4.74 Å². The highest BCUT2D eigenvalue weighted by molar-refractivity contribution is 14.1. The van der Waals surface area contributed by atoms with Crippen LogP contribution in [0.4, 0.5) is 0 Å². The van der Waals surface area contributed by atoms with E-state index in [0.717, 1.165) is 14.9 Å². The van der Waals surface area contributed by atoms with Crippen LogP contribution in [-0.2, 0) is 0 Å². The SMILES string of the molecule is CC.N#Cc1ccc(C(O)COc2ccccc2I)cc1. The van der Waals surface area contributed by atoms with Crippen molar-refractivity contribution in [3.8, 4) is 11.8 Å². The van der Waals surface area contributed by atoms with Gasteiger partial charge in [-0.25, -0.2) is 0 Å². The Balaban J connectivity index is 0.00000106. The van der Waals surface area contributed by atoms with E-state index in [1.807, 2.05) is 44.2 Å². The highest BCUT2D eigenvalue weighted by Gasteiger charge is 2.09. The second-order valence-electron chi connectivity index (χ2n) is 3.99. The number of halogens is 1. The molecule has 3 nitrogen and oxygen atoms in total. The highest BCUT2D eigenvalue weighted by atomic mass is 127. The average molecular weight is 395 g/mol. The number of aliphatic hydroxyl groups is 1. The van der Waals surface area contributed by atoms with Crippen LogP contribution in [-0.4, -0.2) is 11.7 Å². The van der Waals surface area contributed by atoms with Gasteiger partial charge in [-0.15, -0.1) is 0 Å². The van der Waals surface area contributed by atoms with Gasteiger partial charge < -0.3 is 9.84 Å². The Morgan fingerprint density at radius 2 is 1.76 bits per heavy atom. The molecule has 0 amide bonds. The monoisotopic (exact) mass is 395 g/mol. The fraction of sp³-hybridized carbons (Fsp3) is 0.235. The molecule has 2 aromatic carbocycles. The Labute approximate surface area is 139 Å². The van der Waals surface area contributed by atoms with Crippen LogP contribution >= 0.6 is 22.6 Å². The lowest BCUT2D eigenvalue weighted by Crippen LogP contribution is -2.10. The van der Waals surface area contributed by atoms with Crippen molar-refractivity contribution in [2.24, 2.45) is 0 Å². The molecule has 1 atom stereocenters. The van der Waals surface area contributed by atoms with Crippen molar-refractivity contribution in [1.82, 2.24) is 0 Å². The molecule has 0 bridgehead atoms. The summed E-state index contributed by atoms with van der Waals surface area (Å²) in [7, 11) is 0. The molecule has 0 aliphatic heterocycles. The number of benzene rings is 2. The second-order valence-corrected chi connectivity index (χ2v) is 5.15. The number of nitriles is 1. The zero-order valence-corrected chi connectivity index (χ0v) is 14.2. The van der Waals surface area contributed by atoms with Crippen LogP contribution in [0.25, 0.3) is 0 Å². The molecule has 21 heavy (non-hydrogen) atoms. The molecule has 0 heterocycles. The summed E-state index contributed by atoms with van der Waals surface area (Å²) in [5.74, 6) is 0.760. The molecular weight excluding hydrogens is 377 g/mol. The second kappa shape index (κ2) is 9.37. The van der Waals surface area contributed by atoms with E-state index in [0.29, 0.717) is 5.56 Å². The molecule has 1 N–H and O–H groups in total. The fourth-order valence-corrected chi connectivity index (χ4v) is 2.15. The predicted molar refractivity (Wildman–Crippen MR) is 92.1 cm³/mol. The van der Waals surface area contributed by atoms with Gasteiger partial charge in [-0.1, -0.05) is 38.1 Å². The summed E-state index contributed by atoms with van der Waals surface area (Å²) in [5, 5.41) is 18.7. The molecule has 0 aliphatic rings. The third kappa shape index (κ3) is 5.37. The lowest BCUT2D eigenvalue weighted by atomic mass is 10.1. The summed E-state index contributed by atoms with van der Waals surface area (Å²) in [4.78, 5) is 0. The molecule has 0 aromatic heterocycles. The van der Waals surface area contributed by atoms with E-state index in [-0.39, 0.29) is 6.61 Å². The minimum Gasteiger partial charge on any atom is -0.489 e. The first-order chi connectivity index (χ1) is 10.2. The van der Waals surface area contributed by atoms with Crippen molar-refractivity contribution in [1.29, 1.82) is 5.26 Å². The maximum Gasteiger partial charge on any atom is 0.132 e. The van der Waals surface area contributed by atoms with E-state index in [2.05, 4.69) is 22.6 Å². The topological polar surface area (TPSA) is 53.2 Å². The third-order valence-electron chi connectivity index (χ3n) is 2.66. The third-order valence-corrected chi connectivity index (χ3v) is 3.55. The molecule has 2 rings (SSSR count). The molecule has 110 valence electrons. The summed E-state index contributed by atoms with van der Waals surface area (Å²) < 4.78 is 6.59. The summed E-state index contributed by atoms with van der Waals surface area (Å²) in [6.07, 6.45) is -0.705. The lowest BCUT2D eigenvalue weighted by molar-refractivity contribution is 0.107. The Morgan fingerprint density at radius 3 is 2.33 bits per heavy atom. The van der Waals surface area contributed by atoms with Gasteiger partial charge >= 0.3 is 0 Å². The summed E-state index contributed by atoms with van der Waals surface area (Å²) >= 11 is 2.19. The normalized spacial score (nSPS) is 10.8. The summed E-state index contributed by atoms with van der Waals surface area (Å²) in [6, 6.07) is 16.5. The maximum absolute atomic E-state index is 10.0. The van der Waals surface area contributed by atoms with Gasteiger partial charge in [-0.3, -0.25) is 0 Å². The van der Waals surface area contributed by atoms with Crippen LogP contribution in [0.5, 0.6) is 5.75 Å². The number of nitrogens with zero attached hydrogens (tertiary/aromatic N) is 1. The Morgan fingerprint density at radius 1 is 1.14 bits per heavy atom. The smallest absolute Gasteiger partial charge is 0.132 e. The molecule has 0 saturated heterocycles. The van der Waals surface area contributed by atoms with E-state index in [1.165, 1.54) is 0 Å². The molecule has 0 saturated carbocycles. The van der Waals surface area contributed by atoms with Crippen molar-refractivity contribution in [3.63, 3.8) is 0 Å². The van der Waals surface area contributed by atoms with Crippen LogP contribution in [0, 0.1) is 14.9 Å². The van der Waals surface area contributed by atoms with E-state index in [4.69, 9.17) is 10.00 Å². The van der Waals surface area contributed by atoms with Gasteiger partial charge in [-0.2, -0.15) is 5.26 Å². The van der Waals surface area contributed by atoms with Gasteiger partial charge in [0.25, 0.3) is 0 Å². The highest BCUT2D eigenvalue weighted by Crippen LogP contribution is 2.22. The van der Waals surface area contributed by atoms with E-state index in [1.54, 1.807) is 24.3 Å². The minimum absolute atomic E-state index is 0.186. The van der Waals surface area contributed by atoms with Crippen LogP contribution in [0.3, 0.4) is 0 Å². The van der Waals surface area contributed by atoms with Gasteiger partial charge in [-0.05, 0) is 52.4 Å². The Hall–Kier alpha value is -1.58. The predicted octanol–water partition coefficient (Wildman–Crippen LogP) is 4.30. The number of para-hydroxylation sites is 1. The number of rotatable bonds is 4. The van der Waals surface area contributed by atoms with E-state index >= 15 is 0 Å². The maximum atomic E-state index is 10.0. The van der Waals surface area contributed by atoms with Gasteiger partial charge in [0.1, 0.15) is 18.5 Å². The Bertz CT molecular complexity index is 590. The van der Waals surface area contributed by atoms with E-state index < -0.39 is 6.10 Å². The van der Waals surface area contributed by atoms with Crippen LogP contribution in [0.15, 0.2) is 48.5 Å². The van der Waals surface area contributed by atoms with Crippen molar-refractivity contribution in [2.75, 3.05) is 6.61 Å². The van der Waals surface area contributed by atoms with Crippen molar-refractivity contribution < 1.29 is 9.84 Å². The number of ether oxygens (including phenoxy) is 1. The van der Waals surface area contributed by atoms with Gasteiger partial charge in [0.2, 0.25) is 0 Å². The first-order valence-electron chi connectivity index (χ1n) is 6.76. The summed E-state index contributed by atoms with van der Waals surface area (Å²) in [5.41, 5.74) is 1.32. The molecule has 1 unspecified atom stereocenters. The lowest BCUT2D eigenvalue weighted by Gasteiger charge is -2.13. The minimum atomic E-state index is -0.705. The molecule has 2 aromatic rings. The zero-order chi connectivity index (χ0) is 15.7. The quantitative estimate of drug-likeness (QED) is 0.786. The van der Waals surface area contributed by atoms with E-state index in [9.17, 15) is 5.11 Å². The van der Waals surface area contributed by atoms with Gasteiger partial charge in [0.05, 0.1) is 15.2 Å². The molecule has 4 heteroatoms. The molecular formula is C17H18INO2. The van der Waals surface area contributed by atoms with Crippen molar-refractivity contribution in [3.05, 3.63) is 63.2 Å². The molecule has 0 radical (unpaired) electrons.